The summed E-state index contributed by atoms with van der Waals surface area (Å²) in [5.74, 6) is 0.0104. The number of unbranched alkanes of at least 4 members (excludes halogenated alkanes) is 2. The average Bonchev–Trinajstić information content (AvgIpc) is 2.27. The van der Waals surface area contributed by atoms with Gasteiger partial charge in [-0.2, -0.15) is 0 Å². The zero-order valence-corrected chi connectivity index (χ0v) is 11.5. The topological polar surface area (TPSA) is 26.3 Å². The first-order valence-corrected chi connectivity index (χ1v) is 6.78. The SMILES string of the molecule is CCCCOC(=O)C(C)(CCC)CCCC. The van der Waals surface area contributed by atoms with Gasteiger partial charge in [-0.15, -0.1) is 0 Å². The van der Waals surface area contributed by atoms with E-state index >= 15 is 0 Å². The Morgan fingerprint density at radius 1 is 1.00 bits per heavy atom. The van der Waals surface area contributed by atoms with Gasteiger partial charge in [-0.1, -0.05) is 46.5 Å². The highest BCUT2D eigenvalue weighted by Gasteiger charge is 2.32. The number of ether oxygens (including phenoxy) is 1. The van der Waals surface area contributed by atoms with E-state index in [0.717, 1.165) is 44.9 Å². The smallest absolute Gasteiger partial charge is 0.311 e. The Bertz CT molecular complexity index is 189. The van der Waals surface area contributed by atoms with Crippen molar-refractivity contribution in [1.82, 2.24) is 0 Å². The van der Waals surface area contributed by atoms with E-state index in [0.29, 0.717) is 6.61 Å². The van der Waals surface area contributed by atoms with Gasteiger partial charge in [0.25, 0.3) is 0 Å². The van der Waals surface area contributed by atoms with Gasteiger partial charge >= 0.3 is 5.97 Å². The summed E-state index contributed by atoms with van der Waals surface area (Å²) in [6.45, 7) is 9.04. The molecule has 0 aromatic heterocycles. The Labute approximate surface area is 101 Å². The lowest BCUT2D eigenvalue weighted by Crippen LogP contribution is -2.30. The van der Waals surface area contributed by atoms with Crippen LogP contribution in [-0.4, -0.2) is 12.6 Å². The second-order valence-electron chi connectivity index (χ2n) is 4.90. The molecule has 1 unspecified atom stereocenters. The molecule has 0 rings (SSSR count). The second-order valence-corrected chi connectivity index (χ2v) is 4.90. The molecule has 0 aliphatic heterocycles. The minimum atomic E-state index is -0.251. The van der Waals surface area contributed by atoms with Crippen LogP contribution in [0.2, 0.25) is 0 Å². The molecular weight excluding hydrogens is 200 g/mol. The van der Waals surface area contributed by atoms with Crippen molar-refractivity contribution in [3.05, 3.63) is 0 Å². The van der Waals surface area contributed by atoms with Crippen LogP contribution in [0.5, 0.6) is 0 Å². The van der Waals surface area contributed by atoms with Crippen LogP contribution >= 0.6 is 0 Å². The van der Waals surface area contributed by atoms with Crippen molar-refractivity contribution in [1.29, 1.82) is 0 Å². The molecule has 0 fully saturated rings. The number of carbonyl (C=O) groups is 1. The minimum Gasteiger partial charge on any atom is -0.465 e. The minimum absolute atomic E-state index is 0.0104. The van der Waals surface area contributed by atoms with Gasteiger partial charge < -0.3 is 4.74 Å². The first kappa shape index (κ1) is 15.5. The maximum absolute atomic E-state index is 12.0. The highest BCUT2D eigenvalue weighted by Crippen LogP contribution is 2.31. The average molecular weight is 228 g/mol. The van der Waals surface area contributed by atoms with Crippen molar-refractivity contribution in [2.45, 2.75) is 72.6 Å². The Morgan fingerprint density at radius 2 is 1.62 bits per heavy atom. The predicted molar refractivity (Wildman–Crippen MR) is 68.4 cm³/mol. The van der Waals surface area contributed by atoms with E-state index in [4.69, 9.17) is 4.74 Å². The summed E-state index contributed by atoms with van der Waals surface area (Å²) < 4.78 is 5.36. The van der Waals surface area contributed by atoms with Crippen LogP contribution in [0.3, 0.4) is 0 Å². The van der Waals surface area contributed by atoms with Crippen molar-refractivity contribution in [3.8, 4) is 0 Å². The molecule has 0 aliphatic carbocycles. The van der Waals surface area contributed by atoms with E-state index in [2.05, 4.69) is 27.7 Å². The predicted octanol–water partition coefficient (Wildman–Crippen LogP) is 4.33. The lowest BCUT2D eigenvalue weighted by molar-refractivity contribution is -0.156. The lowest BCUT2D eigenvalue weighted by Gasteiger charge is -2.26. The third-order valence-electron chi connectivity index (χ3n) is 3.11. The van der Waals surface area contributed by atoms with E-state index in [9.17, 15) is 4.79 Å². The van der Waals surface area contributed by atoms with Gasteiger partial charge in [-0.3, -0.25) is 4.79 Å². The molecule has 0 saturated carbocycles. The summed E-state index contributed by atoms with van der Waals surface area (Å²) in [5, 5.41) is 0. The molecule has 0 aromatic carbocycles. The number of carbonyl (C=O) groups excluding carboxylic acids is 1. The Balaban J connectivity index is 4.20. The van der Waals surface area contributed by atoms with Gasteiger partial charge in [0, 0.05) is 0 Å². The maximum Gasteiger partial charge on any atom is 0.311 e. The fourth-order valence-electron chi connectivity index (χ4n) is 1.93. The molecule has 0 aliphatic rings. The third kappa shape index (κ3) is 5.53. The van der Waals surface area contributed by atoms with Crippen LogP contribution in [0.25, 0.3) is 0 Å². The van der Waals surface area contributed by atoms with Crippen molar-refractivity contribution in [3.63, 3.8) is 0 Å². The Hall–Kier alpha value is -0.530. The first-order chi connectivity index (χ1) is 7.60. The van der Waals surface area contributed by atoms with Gasteiger partial charge in [0.15, 0.2) is 0 Å². The molecular formula is C14H28O2. The highest BCUT2D eigenvalue weighted by molar-refractivity contribution is 5.76. The summed E-state index contributed by atoms with van der Waals surface area (Å²) in [6.07, 6.45) is 7.25. The first-order valence-electron chi connectivity index (χ1n) is 6.78. The molecule has 0 aromatic rings. The van der Waals surface area contributed by atoms with Crippen LogP contribution in [0.1, 0.15) is 72.6 Å². The molecule has 1 atom stereocenters. The van der Waals surface area contributed by atoms with Gasteiger partial charge in [-0.05, 0) is 26.2 Å². The fraction of sp³-hybridized carbons (Fsp3) is 0.929. The molecule has 0 N–H and O–H groups in total. The van der Waals surface area contributed by atoms with E-state index in [1.807, 2.05) is 0 Å². The Morgan fingerprint density at radius 3 is 2.12 bits per heavy atom. The van der Waals surface area contributed by atoms with Crippen molar-refractivity contribution < 1.29 is 9.53 Å². The molecule has 0 amide bonds. The molecule has 96 valence electrons. The van der Waals surface area contributed by atoms with E-state index in [1.54, 1.807) is 0 Å². The van der Waals surface area contributed by atoms with Crippen molar-refractivity contribution in [2.24, 2.45) is 5.41 Å². The van der Waals surface area contributed by atoms with Crippen molar-refractivity contribution in [2.75, 3.05) is 6.61 Å². The maximum atomic E-state index is 12.0. The molecule has 0 radical (unpaired) electrons. The standard InChI is InChI=1S/C14H28O2/c1-5-8-11-14(4,10-7-3)13(15)16-12-9-6-2/h5-12H2,1-4H3. The van der Waals surface area contributed by atoms with Crippen LogP contribution in [0.4, 0.5) is 0 Å². The molecule has 0 spiro atoms. The third-order valence-corrected chi connectivity index (χ3v) is 3.11. The van der Waals surface area contributed by atoms with E-state index in [1.165, 1.54) is 0 Å². The largest absolute Gasteiger partial charge is 0.465 e. The van der Waals surface area contributed by atoms with Gasteiger partial charge in [0.05, 0.1) is 12.0 Å². The summed E-state index contributed by atoms with van der Waals surface area (Å²) in [6, 6.07) is 0. The number of rotatable bonds is 9. The molecule has 0 bridgehead atoms. The normalized spacial score (nSPS) is 14.5. The van der Waals surface area contributed by atoms with Crippen LogP contribution in [-0.2, 0) is 9.53 Å². The fourth-order valence-corrected chi connectivity index (χ4v) is 1.93. The van der Waals surface area contributed by atoms with E-state index in [-0.39, 0.29) is 11.4 Å². The quantitative estimate of drug-likeness (QED) is 0.434. The summed E-state index contributed by atoms with van der Waals surface area (Å²) in [7, 11) is 0. The zero-order chi connectivity index (χ0) is 12.4. The van der Waals surface area contributed by atoms with Crippen molar-refractivity contribution >= 4 is 5.97 Å². The van der Waals surface area contributed by atoms with Gasteiger partial charge in [0.1, 0.15) is 0 Å². The van der Waals surface area contributed by atoms with Crippen LogP contribution in [0.15, 0.2) is 0 Å². The highest BCUT2D eigenvalue weighted by atomic mass is 16.5. The van der Waals surface area contributed by atoms with Crippen LogP contribution < -0.4 is 0 Å². The molecule has 16 heavy (non-hydrogen) atoms. The molecule has 2 nitrogen and oxygen atoms in total. The molecule has 0 saturated heterocycles. The summed E-state index contributed by atoms with van der Waals surface area (Å²) in [4.78, 5) is 12.0. The molecule has 2 heteroatoms. The van der Waals surface area contributed by atoms with Gasteiger partial charge in [0.2, 0.25) is 0 Å². The van der Waals surface area contributed by atoms with E-state index < -0.39 is 0 Å². The summed E-state index contributed by atoms with van der Waals surface area (Å²) in [5.41, 5.74) is -0.251. The summed E-state index contributed by atoms with van der Waals surface area (Å²) >= 11 is 0. The second kappa shape index (κ2) is 8.60. The van der Waals surface area contributed by atoms with Gasteiger partial charge in [-0.25, -0.2) is 0 Å². The lowest BCUT2D eigenvalue weighted by atomic mass is 9.81. The van der Waals surface area contributed by atoms with Crippen LogP contribution in [0, 0.1) is 5.41 Å². The number of hydrogen-bond donors (Lipinski definition) is 0. The Kier molecular flexibility index (Phi) is 8.32. The molecule has 0 heterocycles. The number of hydrogen-bond acceptors (Lipinski definition) is 2. The zero-order valence-electron chi connectivity index (χ0n) is 11.5. The number of esters is 1. The monoisotopic (exact) mass is 228 g/mol.